The first-order valence-electron chi connectivity index (χ1n) is 4.50. The van der Waals surface area contributed by atoms with E-state index in [4.69, 9.17) is 0 Å². The van der Waals surface area contributed by atoms with E-state index in [1.165, 1.54) is 0 Å². The van der Waals surface area contributed by atoms with Crippen LogP contribution in [-0.2, 0) is 40.8 Å². The maximum absolute atomic E-state index is 9.58. The smallest absolute Gasteiger partial charge is 0.123 e. The van der Waals surface area contributed by atoms with Crippen molar-refractivity contribution in [2.45, 2.75) is 13.8 Å². The van der Waals surface area contributed by atoms with E-state index >= 15 is 0 Å². The Morgan fingerprint density at radius 2 is 1.12 bits per heavy atom. The molecular weight excluding hydrogens is 549 g/mol. The molecule has 0 aliphatic heterocycles. The molecule has 0 heterocycles. The zero-order valence-corrected chi connectivity index (χ0v) is 14.5. The fraction of sp³-hybridized carbons (Fsp3) is 0.167. The average molecular weight is 563 g/mol. The first-order valence-corrected chi connectivity index (χ1v) is 4.50. The number of phenols is 2. The summed E-state index contributed by atoms with van der Waals surface area (Å²) in [6.07, 6.45) is 7.11. The Hall–Kier alpha value is -0.375. The third kappa shape index (κ3) is 4.64. The molecule has 1 aromatic rings. The second kappa shape index (κ2) is 8.74. The fourth-order valence-corrected chi connectivity index (χ4v) is 1.24. The largest absolute Gasteiger partial charge is 0.507 e. The fourth-order valence-electron chi connectivity index (χ4n) is 1.24. The summed E-state index contributed by atoms with van der Waals surface area (Å²) in [7, 11) is 0. The Bertz CT molecular complexity index is 347. The van der Waals surface area contributed by atoms with Crippen LogP contribution in [0.1, 0.15) is 25.0 Å². The summed E-state index contributed by atoms with van der Waals surface area (Å²) in [5.41, 5.74) is 1.25. The molecule has 2 radical (unpaired) electrons. The number of allylic oxidation sites excluding steroid dienone is 2. The molecule has 0 aliphatic rings. The van der Waals surface area contributed by atoms with Crippen molar-refractivity contribution in [1.29, 1.82) is 0 Å². The van der Waals surface area contributed by atoms with E-state index in [1.54, 1.807) is 24.3 Å². The molecule has 1 rings (SSSR count). The van der Waals surface area contributed by atoms with Gasteiger partial charge in [-0.25, -0.2) is 0 Å². The third-order valence-electron chi connectivity index (χ3n) is 1.87. The maximum Gasteiger partial charge on any atom is 0.123 e. The Morgan fingerprint density at radius 3 is 1.38 bits per heavy atom. The molecule has 4 heteroatoms. The monoisotopic (exact) mass is 564 g/mol. The SMILES string of the molecule is C/C=C/c1cc(O)c(/C=C/C)cc1O.[Re].[Re]. The van der Waals surface area contributed by atoms with Gasteiger partial charge in [0.15, 0.2) is 0 Å². The molecule has 0 bridgehead atoms. The molecule has 2 N–H and O–H groups in total. The van der Waals surface area contributed by atoms with Crippen LogP contribution in [0.15, 0.2) is 24.3 Å². The summed E-state index contributed by atoms with van der Waals surface area (Å²) in [5, 5.41) is 19.2. The normalized spacial score (nSPS) is 10.1. The van der Waals surface area contributed by atoms with Crippen molar-refractivity contribution in [3.63, 3.8) is 0 Å². The van der Waals surface area contributed by atoms with Crippen LogP contribution in [0.4, 0.5) is 0 Å². The average Bonchev–Trinajstić information content (AvgIpc) is 2.14. The Balaban J connectivity index is 0. The number of aromatic hydroxyl groups is 2. The van der Waals surface area contributed by atoms with Crippen molar-refractivity contribution in [3.05, 3.63) is 35.4 Å². The van der Waals surface area contributed by atoms with Gasteiger partial charge in [0.05, 0.1) is 0 Å². The van der Waals surface area contributed by atoms with E-state index in [0.29, 0.717) is 11.1 Å². The molecule has 0 fully saturated rings. The molecule has 0 amide bonds. The minimum absolute atomic E-state index is 0. The van der Waals surface area contributed by atoms with Gasteiger partial charge in [-0.2, -0.15) is 0 Å². The van der Waals surface area contributed by atoms with E-state index in [2.05, 4.69) is 0 Å². The number of benzene rings is 1. The predicted octanol–water partition coefficient (Wildman–Crippen LogP) is 3.16. The zero-order chi connectivity index (χ0) is 10.6. The molecule has 16 heavy (non-hydrogen) atoms. The van der Waals surface area contributed by atoms with Gasteiger partial charge in [0, 0.05) is 52.0 Å². The molecule has 1 aromatic carbocycles. The first kappa shape index (κ1) is 18.0. The van der Waals surface area contributed by atoms with Crippen molar-refractivity contribution >= 4 is 12.2 Å². The molecule has 0 unspecified atom stereocenters. The molecule has 0 saturated carbocycles. The van der Waals surface area contributed by atoms with Crippen molar-refractivity contribution in [2.75, 3.05) is 0 Å². The number of hydrogen-bond donors (Lipinski definition) is 2. The molecule has 88 valence electrons. The van der Waals surface area contributed by atoms with Crippen LogP contribution in [0.3, 0.4) is 0 Å². The maximum atomic E-state index is 9.58. The van der Waals surface area contributed by atoms with Gasteiger partial charge in [0.1, 0.15) is 11.5 Å². The van der Waals surface area contributed by atoms with E-state index < -0.39 is 0 Å². The second-order valence-corrected chi connectivity index (χ2v) is 2.97. The quantitative estimate of drug-likeness (QED) is 0.544. The number of hydrogen-bond acceptors (Lipinski definition) is 2. The molecule has 0 spiro atoms. The van der Waals surface area contributed by atoms with Gasteiger partial charge >= 0.3 is 0 Å². The van der Waals surface area contributed by atoms with Crippen LogP contribution in [0.2, 0.25) is 0 Å². The van der Waals surface area contributed by atoms with E-state index in [9.17, 15) is 10.2 Å². The van der Waals surface area contributed by atoms with Crippen molar-refractivity contribution in [2.24, 2.45) is 0 Å². The van der Waals surface area contributed by atoms with Gasteiger partial charge < -0.3 is 10.2 Å². The molecular formula is C12H14O2Re2. The molecule has 2 nitrogen and oxygen atoms in total. The minimum atomic E-state index is 0. The predicted molar refractivity (Wildman–Crippen MR) is 59.2 cm³/mol. The van der Waals surface area contributed by atoms with Crippen molar-refractivity contribution in [3.8, 4) is 11.5 Å². The van der Waals surface area contributed by atoms with Gasteiger partial charge in [-0.05, 0) is 26.0 Å². The Labute approximate surface area is 123 Å². The summed E-state index contributed by atoms with van der Waals surface area (Å²) in [6.45, 7) is 3.71. The summed E-state index contributed by atoms with van der Waals surface area (Å²) in [6, 6.07) is 3.09. The van der Waals surface area contributed by atoms with Crippen LogP contribution >= 0.6 is 0 Å². The topological polar surface area (TPSA) is 40.5 Å². The Morgan fingerprint density at radius 1 is 0.812 bits per heavy atom. The first-order chi connectivity index (χ1) is 6.69. The van der Waals surface area contributed by atoms with Gasteiger partial charge in [-0.1, -0.05) is 24.3 Å². The number of rotatable bonds is 2. The molecule has 0 aliphatic carbocycles. The summed E-state index contributed by atoms with van der Waals surface area (Å²) in [4.78, 5) is 0. The van der Waals surface area contributed by atoms with Gasteiger partial charge in [-0.3, -0.25) is 0 Å². The van der Waals surface area contributed by atoms with Crippen LogP contribution in [0, 0.1) is 0 Å². The number of phenolic OH excluding ortho intramolecular Hbond substituents is 2. The van der Waals surface area contributed by atoms with Crippen molar-refractivity contribution in [1.82, 2.24) is 0 Å². The summed E-state index contributed by atoms with van der Waals surface area (Å²) in [5.74, 6) is 0.350. The van der Waals surface area contributed by atoms with Crippen LogP contribution in [-0.4, -0.2) is 10.2 Å². The van der Waals surface area contributed by atoms with E-state index in [-0.39, 0.29) is 52.3 Å². The summed E-state index contributed by atoms with van der Waals surface area (Å²) >= 11 is 0. The molecule has 0 aromatic heterocycles. The standard InChI is InChI=1S/C12H14O2.2Re/c1-3-5-9-7-12(14)10(6-4-2)8-11(9)13;;/h3-8,13-14H,1-2H3;;/b5-3+,6-4+;;. The van der Waals surface area contributed by atoms with Crippen LogP contribution in [0.5, 0.6) is 11.5 Å². The van der Waals surface area contributed by atoms with Crippen LogP contribution in [0.25, 0.3) is 12.2 Å². The second-order valence-electron chi connectivity index (χ2n) is 2.97. The van der Waals surface area contributed by atoms with Gasteiger partial charge in [0.25, 0.3) is 0 Å². The summed E-state index contributed by atoms with van der Waals surface area (Å²) < 4.78 is 0. The molecule has 0 saturated heterocycles. The third-order valence-corrected chi connectivity index (χ3v) is 1.87. The van der Waals surface area contributed by atoms with Crippen molar-refractivity contribution < 1.29 is 51.1 Å². The molecule has 0 atom stereocenters. The van der Waals surface area contributed by atoms with E-state index in [0.717, 1.165) is 0 Å². The minimum Gasteiger partial charge on any atom is -0.507 e. The van der Waals surface area contributed by atoms with Gasteiger partial charge in [0.2, 0.25) is 0 Å². The van der Waals surface area contributed by atoms with Gasteiger partial charge in [-0.15, -0.1) is 0 Å². The van der Waals surface area contributed by atoms with E-state index in [1.807, 2.05) is 26.0 Å². The Kier molecular flexibility index (Phi) is 9.83. The van der Waals surface area contributed by atoms with Crippen LogP contribution < -0.4 is 0 Å². The zero-order valence-electron chi connectivity index (χ0n) is 9.11.